The molecule has 18 heavy (non-hydrogen) atoms. The van der Waals surface area contributed by atoms with Gasteiger partial charge in [-0.15, -0.1) is 0 Å². The third-order valence-electron chi connectivity index (χ3n) is 3.32. The third kappa shape index (κ3) is 3.47. The van der Waals surface area contributed by atoms with Crippen molar-refractivity contribution in [1.82, 2.24) is 4.90 Å². The normalized spacial score (nSPS) is 12.8. The van der Waals surface area contributed by atoms with Crippen molar-refractivity contribution >= 4 is 0 Å². The van der Waals surface area contributed by atoms with Crippen molar-refractivity contribution in [3.8, 4) is 5.75 Å². The summed E-state index contributed by atoms with van der Waals surface area (Å²) in [5.41, 5.74) is 9.39. The molecule has 1 unspecified atom stereocenters. The SMILES string of the molecule is COc1c(C)cc(C)cc1C(CCCN)N(C)C. The summed E-state index contributed by atoms with van der Waals surface area (Å²) in [6.45, 7) is 4.97. The lowest BCUT2D eigenvalue weighted by Crippen LogP contribution is -2.22. The van der Waals surface area contributed by atoms with Crippen LogP contribution < -0.4 is 10.5 Å². The van der Waals surface area contributed by atoms with E-state index in [1.165, 1.54) is 16.7 Å². The Bertz CT molecular complexity index is 388. The molecule has 0 saturated carbocycles. The molecule has 0 fully saturated rings. The zero-order valence-electron chi connectivity index (χ0n) is 12.3. The minimum Gasteiger partial charge on any atom is -0.496 e. The van der Waals surface area contributed by atoms with E-state index in [1.54, 1.807) is 7.11 Å². The van der Waals surface area contributed by atoms with Crippen LogP contribution in [0.15, 0.2) is 12.1 Å². The second kappa shape index (κ2) is 6.76. The lowest BCUT2D eigenvalue weighted by Gasteiger charge is -2.27. The molecule has 0 saturated heterocycles. The fraction of sp³-hybridized carbons (Fsp3) is 0.600. The summed E-state index contributed by atoms with van der Waals surface area (Å²) in [7, 11) is 5.97. The van der Waals surface area contributed by atoms with E-state index in [1.807, 2.05) is 0 Å². The van der Waals surface area contributed by atoms with Crippen molar-refractivity contribution in [1.29, 1.82) is 0 Å². The molecule has 3 nitrogen and oxygen atoms in total. The van der Waals surface area contributed by atoms with Gasteiger partial charge in [0.25, 0.3) is 0 Å². The van der Waals surface area contributed by atoms with Gasteiger partial charge in [-0.2, -0.15) is 0 Å². The summed E-state index contributed by atoms with van der Waals surface area (Å²) in [6, 6.07) is 4.76. The smallest absolute Gasteiger partial charge is 0.126 e. The summed E-state index contributed by atoms with van der Waals surface area (Å²) in [5.74, 6) is 1.01. The Labute approximate surface area is 111 Å². The number of aryl methyl sites for hydroxylation is 2. The lowest BCUT2D eigenvalue weighted by molar-refractivity contribution is 0.271. The topological polar surface area (TPSA) is 38.5 Å². The number of nitrogens with two attached hydrogens (primary N) is 1. The van der Waals surface area contributed by atoms with Gasteiger partial charge >= 0.3 is 0 Å². The first-order chi connectivity index (χ1) is 8.51. The monoisotopic (exact) mass is 250 g/mol. The quantitative estimate of drug-likeness (QED) is 0.843. The number of ether oxygens (including phenoxy) is 1. The number of hydrogen-bond acceptors (Lipinski definition) is 3. The second-order valence-electron chi connectivity index (χ2n) is 5.11. The maximum Gasteiger partial charge on any atom is 0.126 e. The molecule has 0 aliphatic heterocycles. The molecule has 0 radical (unpaired) electrons. The van der Waals surface area contributed by atoms with Crippen LogP contribution in [-0.4, -0.2) is 32.6 Å². The standard InChI is InChI=1S/C15H26N2O/c1-11-9-12(2)15(18-5)13(10-11)14(17(3)4)7-6-8-16/h9-10,14H,6-8,16H2,1-5H3. The van der Waals surface area contributed by atoms with Gasteiger partial charge in [-0.05, 0) is 52.9 Å². The van der Waals surface area contributed by atoms with E-state index in [9.17, 15) is 0 Å². The summed E-state index contributed by atoms with van der Waals surface area (Å²) in [6.07, 6.45) is 2.09. The van der Waals surface area contributed by atoms with E-state index in [2.05, 4.69) is 45.0 Å². The highest BCUT2D eigenvalue weighted by Crippen LogP contribution is 2.34. The van der Waals surface area contributed by atoms with Gasteiger partial charge in [0, 0.05) is 11.6 Å². The third-order valence-corrected chi connectivity index (χ3v) is 3.32. The van der Waals surface area contributed by atoms with Gasteiger partial charge in [0.2, 0.25) is 0 Å². The summed E-state index contributed by atoms with van der Waals surface area (Å²) < 4.78 is 5.58. The highest BCUT2D eigenvalue weighted by Gasteiger charge is 2.19. The van der Waals surface area contributed by atoms with Crippen LogP contribution >= 0.6 is 0 Å². The molecule has 1 aromatic carbocycles. The van der Waals surface area contributed by atoms with Crippen LogP contribution in [0.2, 0.25) is 0 Å². The van der Waals surface area contributed by atoms with Gasteiger partial charge < -0.3 is 15.4 Å². The van der Waals surface area contributed by atoms with Crippen molar-refractivity contribution in [2.45, 2.75) is 32.7 Å². The number of methoxy groups -OCH3 is 1. The first-order valence-electron chi connectivity index (χ1n) is 6.52. The van der Waals surface area contributed by atoms with Gasteiger partial charge in [0.05, 0.1) is 7.11 Å². The number of rotatable bonds is 6. The van der Waals surface area contributed by atoms with E-state index >= 15 is 0 Å². The molecule has 0 aromatic heterocycles. The molecule has 0 spiro atoms. The average molecular weight is 250 g/mol. The molecule has 0 aliphatic carbocycles. The molecule has 3 heteroatoms. The minimum atomic E-state index is 0.363. The van der Waals surface area contributed by atoms with Gasteiger partial charge in [-0.25, -0.2) is 0 Å². The van der Waals surface area contributed by atoms with Crippen LogP contribution in [0.1, 0.15) is 35.6 Å². The molecule has 0 heterocycles. The Morgan fingerprint density at radius 1 is 1.28 bits per heavy atom. The average Bonchev–Trinajstić information content (AvgIpc) is 2.28. The molecule has 1 atom stereocenters. The van der Waals surface area contributed by atoms with Crippen molar-refractivity contribution in [2.75, 3.05) is 27.7 Å². The molecule has 1 rings (SSSR count). The molecular formula is C15H26N2O. The Hall–Kier alpha value is -1.06. The predicted octanol–water partition coefficient (Wildman–Crippen LogP) is 2.65. The van der Waals surface area contributed by atoms with Gasteiger partial charge in [0.15, 0.2) is 0 Å². The van der Waals surface area contributed by atoms with Crippen LogP contribution in [0.5, 0.6) is 5.75 Å². The van der Waals surface area contributed by atoms with Crippen molar-refractivity contribution in [3.63, 3.8) is 0 Å². The molecule has 0 bridgehead atoms. The first-order valence-corrected chi connectivity index (χ1v) is 6.52. The Kier molecular flexibility index (Phi) is 5.63. The predicted molar refractivity (Wildman–Crippen MR) is 77.2 cm³/mol. The zero-order valence-corrected chi connectivity index (χ0v) is 12.3. The Balaban J connectivity index is 3.17. The van der Waals surface area contributed by atoms with Crippen molar-refractivity contribution in [3.05, 3.63) is 28.8 Å². The fourth-order valence-electron chi connectivity index (χ4n) is 2.52. The highest BCUT2D eigenvalue weighted by atomic mass is 16.5. The second-order valence-corrected chi connectivity index (χ2v) is 5.11. The van der Waals surface area contributed by atoms with E-state index in [4.69, 9.17) is 10.5 Å². The largest absolute Gasteiger partial charge is 0.496 e. The Morgan fingerprint density at radius 2 is 1.94 bits per heavy atom. The fourth-order valence-corrected chi connectivity index (χ4v) is 2.52. The summed E-state index contributed by atoms with van der Waals surface area (Å²) in [4.78, 5) is 2.24. The number of benzene rings is 1. The molecule has 1 aromatic rings. The maximum atomic E-state index is 5.64. The van der Waals surface area contributed by atoms with Crippen molar-refractivity contribution < 1.29 is 4.74 Å². The molecular weight excluding hydrogens is 224 g/mol. The molecule has 0 amide bonds. The zero-order chi connectivity index (χ0) is 13.7. The summed E-state index contributed by atoms with van der Waals surface area (Å²) in [5, 5.41) is 0. The molecule has 2 N–H and O–H groups in total. The Morgan fingerprint density at radius 3 is 2.44 bits per heavy atom. The number of hydrogen-bond donors (Lipinski definition) is 1. The minimum absolute atomic E-state index is 0.363. The number of nitrogens with zero attached hydrogens (tertiary/aromatic N) is 1. The lowest BCUT2D eigenvalue weighted by atomic mass is 9.95. The maximum absolute atomic E-state index is 5.64. The molecule has 102 valence electrons. The van der Waals surface area contributed by atoms with E-state index < -0.39 is 0 Å². The van der Waals surface area contributed by atoms with E-state index in [0.717, 1.165) is 25.1 Å². The van der Waals surface area contributed by atoms with Gasteiger partial charge in [-0.1, -0.05) is 17.7 Å². The van der Waals surface area contributed by atoms with Crippen LogP contribution in [0.3, 0.4) is 0 Å². The van der Waals surface area contributed by atoms with Gasteiger partial charge in [-0.3, -0.25) is 0 Å². The summed E-state index contributed by atoms with van der Waals surface area (Å²) >= 11 is 0. The van der Waals surface area contributed by atoms with Crippen LogP contribution in [0.4, 0.5) is 0 Å². The van der Waals surface area contributed by atoms with E-state index in [0.29, 0.717) is 6.04 Å². The van der Waals surface area contributed by atoms with Crippen LogP contribution in [-0.2, 0) is 0 Å². The van der Waals surface area contributed by atoms with Crippen LogP contribution in [0.25, 0.3) is 0 Å². The highest BCUT2D eigenvalue weighted by molar-refractivity contribution is 5.45. The van der Waals surface area contributed by atoms with Crippen molar-refractivity contribution in [2.24, 2.45) is 5.73 Å². The van der Waals surface area contributed by atoms with Crippen LogP contribution in [0, 0.1) is 13.8 Å². The molecule has 0 aliphatic rings. The van der Waals surface area contributed by atoms with E-state index in [-0.39, 0.29) is 0 Å². The van der Waals surface area contributed by atoms with Gasteiger partial charge in [0.1, 0.15) is 5.75 Å². The first kappa shape index (κ1) is 15.0.